The molecule has 0 saturated heterocycles. The lowest BCUT2D eigenvalue weighted by Gasteiger charge is -2.35. The van der Waals surface area contributed by atoms with Crippen LogP contribution in [0.2, 0.25) is 0 Å². The Morgan fingerprint density at radius 2 is 1.90 bits per heavy atom. The van der Waals surface area contributed by atoms with Crippen LogP contribution in [0.4, 0.5) is 0 Å². The summed E-state index contributed by atoms with van der Waals surface area (Å²) in [5.41, 5.74) is 6.77. The van der Waals surface area contributed by atoms with E-state index in [0.717, 1.165) is 44.0 Å². The fourth-order valence-electron chi connectivity index (χ4n) is 3.97. The maximum absolute atomic E-state index is 9.34. The summed E-state index contributed by atoms with van der Waals surface area (Å²) in [6.45, 7) is 8.68. The summed E-state index contributed by atoms with van der Waals surface area (Å²) >= 11 is 0. The van der Waals surface area contributed by atoms with Gasteiger partial charge >= 0.3 is 0 Å². The second-order valence-electron chi connectivity index (χ2n) is 7.45. The molecule has 116 valence electrons. The number of fused-ring (bicyclic) bond motifs is 1. The summed E-state index contributed by atoms with van der Waals surface area (Å²) in [6, 6.07) is 0. The molecule has 4 N–H and O–H groups in total. The van der Waals surface area contributed by atoms with Crippen molar-refractivity contribution in [1.82, 2.24) is 5.32 Å². The zero-order valence-corrected chi connectivity index (χ0v) is 13.3. The molecule has 0 radical (unpaired) electrons. The van der Waals surface area contributed by atoms with E-state index in [2.05, 4.69) is 31.2 Å². The molecule has 4 nitrogen and oxygen atoms in total. The summed E-state index contributed by atoms with van der Waals surface area (Å²) in [7, 11) is 0. The zero-order valence-electron chi connectivity index (χ0n) is 13.3. The smallest absolute Gasteiger partial charge is 0.0771 e. The summed E-state index contributed by atoms with van der Waals surface area (Å²) in [6.07, 6.45) is 6.79. The predicted octanol–water partition coefficient (Wildman–Crippen LogP) is 2.75. The SMILES string of the molecule is CC1(C)[C@@H]2C/C(=N\O)[C@@](C)(NCCCCCCN)C[C@@H]21. The molecule has 20 heavy (non-hydrogen) atoms. The van der Waals surface area contributed by atoms with E-state index in [1.165, 1.54) is 19.3 Å². The van der Waals surface area contributed by atoms with Gasteiger partial charge in [0.15, 0.2) is 0 Å². The summed E-state index contributed by atoms with van der Waals surface area (Å²) in [5.74, 6) is 1.50. The second-order valence-corrected chi connectivity index (χ2v) is 7.45. The first kappa shape index (κ1) is 15.8. The number of hydrogen-bond acceptors (Lipinski definition) is 4. The van der Waals surface area contributed by atoms with Crippen LogP contribution in [0.3, 0.4) is 0 Å². The van der Waals surface area contributed by atoms with Crippen molar-refractivity contribution in [2.45, 2.75) is 64.8 Å². The van der Waals surface area contributed by atoms with Crippen molar-refractivity contribution in [2.75, 3.05) is 13.1 Å². The maximum atomic E-state index is 9.34. The molecule has 0 aliphatic heterocycles. The van der Waals surface area contributed by atoms with Gasteiger partial charge in [-0.2, -0.15) is 0 Å². The van der Waals surface area contributed by atoms with Gasteiger partial charge in [0, 0.05) is 0 Å². The number of hydrogen-bond donors (Lipinski definition) is 3. The van der Waals surface area contributed by atoms with Crippen molar-refractivity contribution in [3.05, 3.63) is 0 Å². The Morgan fingerprint density at radius 3 is 2.55 bits per heavy atom. The van der Waals surface area contributed by atoms with E-state index >= 15 is 0 Å². The van der Waals surface area contributed by atoms with Crippen molar-refractivity contribution in [2.24, 2.45) is 28.1 Å². The van der Waals surface area contributed by atoms with Gasteiger partial charge in [-0.15, -0.1) is 0 Å². The molecule has 2 rings (SSSR count). The average Bonchev–Trinajstić information content (AvgIpc) is 2.93. The molecule has 0 aromatic carbocycles. The minimum Gasteiger partial charge on any atom is -0.411 e. The molecule has 0 aromatic rings. The van der Waals surface area contributed by atoms with Crippen LogP contribution in [-0.4, -0.2) is 29.5 Å². The third kappa shape index (κ3) is 3.01. The average molecular weight is 281 g/mol. The van der Waals surface area contributed by atoms with Gasteiger partial charge in [-0.3, -0.25) is 0 Å². The maximum Gasteiger partial charge on any atom is 0.0771 e. The van der Waals surface area contributed by atoms with Crippen LogP contribution >= 0.6 is 0 Å². The topological polar surface area (TPSA) is 70.6 Å². The van der Waals surface area contributed by atoms with E-state index in [-0.39, 0.29) is 5.54 Å². The van der Waals surface area contributed by atoms with E-state index < -0.39 is 0 Å². The Kier molecular flexibility index (Phi) is 4.75. The standard InChI is InChI=1S/C16H31N3O/c1-15(2)12-10-14(19-20)16(3,11-13(12)15)18-9-7-5-4-6-8-17/h12-13,18,20H,4-11,17H2,1-3H3/b19-14+/t12-,13+,16+/m1/s1. The predicted molar refractivity (Wildman–Crippen MR) is 83.1 cm³/mol. The molecule has 4 heteroatoms. The first-order chi connectivity index (χ1) is 9.45. The van der Waals surface area contributed by atoms with E-state index in [9.17, 15) is 5.21 Å². The van der Waals surface area contributed by atoms with Crippen LogP contribution in [0.25, 0.3) is 0 Å². The van der Waals surface area contributed by atoms with E-state index in [4.69, 9.17) is 5.73 Å². The van der Waals surface area contributed by atoms with E-state index in [1.54, 1.807) is 0 Å². The Labute approximate surface area is 123 Å². The Hall–Kier alpha value is -0.610. The van der Waals surface area contributed by atoms with E-state index in [0.29, 0.717) is 11.3 Å². The zero-order chi connectivity index (χ0) is 14.8. The minimum atomic E-state index is -0.114. The van der Waals surface area contributed by atoms with Crippen LogP contribution in [0.5, 0.6) is 0 Å². The molecule has 0 bridgehead atoms. The quantitative estimate of drug-likeness (QED) is 0.382. The third-order valence-corrected chi connectivity index (χ3v) is 5.73. The van der Waals surface area contributed by atoms with Gasteiger partial charge in [0.05, 0.1) is 11.3 Å². The second kappa shape index (κ2) is 6.02. The van der Waals surface area contributed by atoms with Gasteiger partial charge in [-0.25, -0.2) is 0 Å². The van der Waals surface area contributed by atoms with Crippen molar-refractivity contribution in [3.8, 4) is 0 Å². The molecular weight excluding hydrogens is 250 g/mol. The highest BCUT2D eigenvalue weighted by atomic mass is 16.4. The fourth-order valence-corrected chi connectivity index (χ4v) is 3.97. The molecule has 2 saturated carbocycles. The minimum absolute atomic E-state index is 0.114. The Morgan fingerprint density at radius 1 is 1.20 bits per heavy atom. The number of rotatable bonds is 7. The van der Waals surface area contributed by atoms with Crippen molar-refractivity contribution in [3.63, 3.8) is 0 Å². The first-order valence-electron chi connectivity index (χ1n) is 8.12. The monoisotopic (exact) mass is 281 g/mol. The van der Waals surface area contributed by atoms with Crippen LogP contribution in [0.1, 0.15) is 59.3 Å². The molecular formula is C16H31N3O. The van der Waals surface area contributed by atoms with Crippen LogP contribution in [0, 0.1) is 17.3 Å². The Balaban J connectivity index is 1.82. The lowest BCUT2D eigenvalue weighted by Crippen LogP contribution is -2.52. The van der Waals surface area contributed by atoms with Crippen molar-refractivity contribution >= 4 is 5.71 Å². The van der Waals surface area contributed by atoms with Crippen molar-refractivity contribution in [1.29, 1.82) is 0 Å². The highest BCUT2D eigenvalue weighted by Gasteiger charge is 2.63. The molecule has 2 fully saturated rings. The van der Waals surface area contributed by atoms with Gasteiger partial charge in [0.25, 0.3) is 0 Å². The lowest BCUT2D eigenvalue weighted by atomic mass is 9.81. The number of oxime groups is 1. The molecule has 0 spiro atoms. The first-order valence-corrected chi connectivity index (χ1v) is 8.12. The van der Waals surface area contributed by atoms with Gasteiger partial charge in [-0.05, 0) is 62.9 Å². The molecule has 3 atom stereocenters. The third-order valence-electron chi connectivity index (χ3n) is 5.73. The fraction of sp³-hybridized carbons (Fsp3) is 0.938. The van der Waals surface area contributed by atoms with Gasteiger partial charge in [0.2, 0.25) is 0 Å². The van der Waals surface area contributed by atoms with Gasteiger partial charge in [-0.1, -0.05) is 31.8 Å². The number of unbranched alkanes of at least 4 members (excludes halogenated alkanes) is 3. The van der Waals surface area contributed by atoms with Crippen LogP contribution in [0.15, 0.2) is 5.16 Å². The number of nitrogens with one attached hydrogen (secondary N) is 1. The molecule has 0 heterocycles. The molecule has 2 aliphatic carbocycles. The van der Waals surface area contributed by atoms with Crippen molar-refractivity contribution < 1.29 is 5.21 Å². The summed E-state index contributed by atoms with van der Waals surface area (Å²) in [4.78, 5) is 0. The largest absolute Gasteiger partial charge is 0.411 e. The molecule has 0 unspecified atom stereocenters. The van der Waals surface area contributed by atoms with Crippen LogP contribution < -0.4 is 11.1 Å². The summed E-state index contributed by atoms with van der Waals surface area (Å²) in [5, 5.41) is 16.6. The highest BCUT2D eigenvalue weighted by Crippen LogP contribution is 2.65. The molecule has 0 aromatic heterocycles. The van der Waals surface area contributed by atoms with Gasteiger partial charge < -0.3 is 16.3 Å². The number of nitrogens with two attached hydrogens (primary N) is 1. The molecule has 2 aliphatic rings. The van der Waals surface area contributed by atoms with Gasteiger partial charge in [0.1, 0.15) is 0 Å². The number of nitrogens with zero attached hydrogens (tertiary/aromatic N) is 1. The molecule has 0 amide bonds. The van der Waals surface area contributed by atoms with E-state index in [1.807, 2.05) is 0 Å². The summed E-state index contributed by atoms with van der Waals surface area (Å²) < 4.78 is 0. The van der Waals surface area contributed by atoms with Crippen LogP contribution in [-0.2, 0) is 0 Å². The normalized spacial score (nSPS) is 36.9. The highest BCUT2D eigenvalue weighted by molar-refractivity contribution is 5.94. The Bertz CT molecular complexity index is 367. The lowest BCUT2D eigenvalue weighted by molar-refractivity contribution is 0.293.